The predicted molar refractivity (Wildman–Crippen MR) is 295 cm³/mol. The van der Waals surface area contributed by atoms with E-state index in [0.717, 1.165) is 0 Å². The highest BCUT2D eigenvalue weighted by Crippen LogP contribution is 2.40. The Morgan fingerprint density at radius 3 is 0.520 bits per heavy atom. The molecule has 27 aliphatic heterocycles. The zero-order valence-electron chi connectivity index (χ0n) is 51.8. The van der Waals surface area contributed by atoms with Crippen LogP contribution in [0.2, 0.25) is 0 Å². The van der Waals surface area contributed by atoms with Gasteiger partial charge in [0.25, 0.3) is 0 Å². The van der Waals surface area contributed by atoms with Gasteiger partial charge in [0, 0.05) is 6.42 Å². The Hall–Kier alpha value is -1.76. The molecule has 27 N–H and O–H groups in total. The van der Waals surface area contributed by atoms with E-state index < -0.39 is 330 Å². The van der Waals surface area contributed by atoms with Crippen LogP contribution in [0.5, 0.6) is 0 Å². The largest absolute Gasteiger partial charge is 0.412 e. The summed E-state index contributed by atoms with van der Waals surface area (Å²) in [5, 5.41) is 278. The van der Waals surface area contributed by atoms with E-state index in [2.05, 4.69) is 0 Å². The van der Waals surface area contributed by atoms with Gasteiger partial charge in [0.1, 0.15) is 201 Å². The maximum atomic E-state index is 11.5. The molecule has 0 spiro atoms. The SMILES string of the molecule is CC1O[C@@H]2O[C@@H]3C(CO)O[C@H](O[C@@H]4C(CO)O[C@H](O[C@@H]5C(CO)O[C@H](O[C@@H]6C(CO)O[C@@H](O[C@@H]7C(CO)O[C@H](O[C@@H]8C(CO)O[C@H](O[C@@H]9C(CO)O[C@H](O[C@@H]%10C(CO)O[C@@H](O[C@H]1CC2O)C(O)[C@H]%10O)C(O)[C@H]9O)C(O)[C@H]8O)C(O)[C@H]7O)C(O)[C@H]6O)C(O)[C@H]5O)C(O)[C@H]4O)C(O)[C@H]3O.O. The Kier molecular flexibility index (Phi) is 28.0. The highest BCUT2D eigenvalue weighted by Gasteiger charge is 2.60. The number of rotatable bonds is 8. The molecule has 0 aromatic carbocycles. The normalized spacial score (nSPS) is 54.9. The van der Waals surface area contributed by atoms with Crippen LogP contribution in [0.25, 0.3) is 0 Å². The standard InChI is InChI=1S/C54H90O43.H2O/c1-11-13-2-12(63)46(80-11)90-38-14(3-55)83-48(31(73)23(38)65)92-40-16(5-57)85-50(33(75)25(40)67)94-42-18(7-59)87-52(35(77)27(42)69)96-44-20(9-61)89-54(37(79)29(44)71)97-45-21(10-62)88-53(36(78)28(45)70)95-43-19(8-60)86-51(34(76)26(43)68)93-41-17(6-58)84-49(32(74)24(41)66)91-39-15(4-56)82-47(81-13)30(72)22(39)64;/h11-79H,2-10H2,1H3;1H2/t11?,12?,13-,14?,15?,16?,17?,18?,19?,20?,21?,22+,23+,24+,25+,26+,27+,28+,29+,30?,31?,32?,33?,34?,35?,36?,37?,38+,39+,40+,41+,42+,43+,44+,45+,46+,47+,48+,49+,50+,51+,52+,53+,54-;/m0./s1. The quantitative estimate of drug-likeness (QED) is 0.107. The summed E-state index contributed by atoms with van der Waals surface area (Å²) in [4.78, 5) is 0. The highest BCUT2D eigenvalue weighted by molar-refractivity contribution is 5.02. The van der Waals surface area contributed by atoms with Gasteiger partial charge >= 0.3 is 0 Å². The molecular weight excluding hydrogens is 1350 g/mol. The van der Waals surface area contributed by atoms with E-state index in [1.807, 2.05) is 0 Å². The van der Waals surface area contributed by atoms with Gasteiger partial charge < -0.3 is 218 Å². The molecule has 44 atom stereocenters. The van der Waals surface area contributed by atoms with Gasteiger partial charge in [0.15, 0.2) is 56.6 Å². The third-order valence-electron chi connectivity index (χ3n) is 18.9. The molecule has 27 heterocycles. The van der Waals surface area contributed by atoms with Crippen molar-refractivity contribution in [3.63, 3.8) is 0 Å². The predicted octanol–water partition coefficient (Wildman–Crippen LogP) is -18.4. The first kappa shape index (κ1) is 80.3. The lowest BCUT2D eigenvalue weighted by molar-refractivity contribution is -0.399. The molecule has 98 heavy (non-hydrogen) atoms. The summed E-state index contributed by atoms with van der Waals surface area (Å²) < 4.78 is 104. The Morgan fingerprint density at radius 2 is 0.357 bits per heavy atom. The third kappa shape index (κ3) is 16.0. The molecule has 27 fully saturated rings. The van der Waals surface area contributed by atoms with E-state index in [4.69, 9.17) is 85.3 Å². The first-order valence-corrected chi connectivity index (χ1v) is 31.4. The lowest BCUT2D eigenvalue weighted by Gasteiger charge is -2.50. The van der Waals surface area contributed by atoms with Gasteiger partial charge in [0.2, 0.25) is 0 Å². The van der Waals surface area contributed by atoms with Crippen molar-refractivity contribution >= 4 is 0 Å². The lowest BCUT2D eigenvalue weighted by atomic mass is 9.95. The molecule has 44 nitrogen and oxygen atoms in total. The minimum atomic E-state index is -2.27. The van der Waals surface area contributed by atoms with Gasteiger partial charge in [-0.15, -0.1) is 0 Å². The van der Waals surface area contributed by atoms with Crippen molar-refractivity contribution in [2.45, 2.75) is 284 Å². The van der Waals surface area contributed by atoms with Crippen molar-refractivity contribution in [2.24, 2.45) is 0 Å². The molecule has 0 saturated carbocycles. The van der Waals surface area contributed by atoms with E-state index in [1.54, 1.807) is 0 Å². The van der Waals surface area contributed by atoms with Crippen molar-refractivity contribution in [2.75, 3.05) is 52.9 Å². The van der Waals surface area contributed by atoms with Gasteiger partial charge in [0.05, 0.1) is 65.1 Å². The van der Waals surface area contributed by atoms with Gasteiger partial charge in [-0.2, -0.15) is 0 Å². The fraction of sp³-hybridized carbons (Fsp3) is 1.00. The van der Waals surface area contributed by atoms with Gasteiger partial charge in [-0.1, -0.05) is 0 Å². The molecule has 0 amide bonds. The summed E-state index contributed by atoms with van der Waals surface area (Å²) >= 11 is 0. The fourth-order valence-electron chi connectivity index (χ4n) is 13.3. The van der Waals surface area contributed by atoms with Crippen LogP contribution in [0.4, 0.5) is 0 Å². The van der Waals surface area contributed by atoms with Crippen LogP contribution in [0.15, 0.2) is 0 Å². The Bertz CT molecular complexity index is 2400. The maximum Gasteiger partial charge on any atom is 0.187 e. The second-order valence-electron chi connectivity index (χ2n) is 25.1. The fourth-order valence-corrected chi connectivity index (χ4v) is 13.3. The minimum Gasteiger partial charge on any atom is -0.412 e. The summed E-state index contributed by atoms with van der Waals surface area (Å²) in [6, 6.07) is 0. The van der Waals surface area contributed by atoms with Crippen LogP contribution >= 0.6 is 0 Å². The molecule has 27 aliphatic rings. The summed E-state index contributed by atoms with van der Waals surface area (Å²) in [5.74, 6) is 0. The zero-order chi connectivity index (χ0) is 70.5. The van der Waals surface area contributed by atoms with E-state index in [1.165, 1.54) is 6.92 Å². The molecule has 27 rings (SSSR count). The van der Waals surface area contributed by atoms with Crippen molar-refractivity contribution in [3.05, 3.63) is 0 Å². The summed E-state index contributed by atoms with van der Waals surface area (Å²) in [7, 11) is 0. The monoisotopic (exact) mass is 1440 g/mol. The number of hydrogen-bond acceptors (Lipinski definition) is 43. The molecule has 0 aliphatic carbocycles. The van der Waals surface area contributed by atoms with Gasteiger partial charge in [-0.25, -0.2) is 0 Å². The average Bonchev–Trinajstić information content (AvgIpc) is 0.779. The van der Waals surface area contributed by atoms with Crippen LogP contribution < -0.4 is 0 Å². The molecule has 18 unspecified atom stereocenters. The number of aliphatic hydroxyl groups is 25. The summed E-state index contributed by atoms with van der Waals surface area (Å²) in [6.07, 6.45) is -86.9. The van der Waals surface area contributed by atoms with Crippen LogP contribution in [0, 0.1) is 0 Å². The van der Waals surface area contributed by atoms with Crippen LogP contribution in [-0.2, 0) is 85.3 Å². The lowest BCUT2D eigenvalue weighted by Crippen LogP contribution is -2.68. The Balaban J connectivity index is 0.0000112. The smallest absolute Gasteiger partial charge is 0.187 e. The molecule has 0 aromatic rings. The molecule has 0 radical (unpaired) electrons. The van der Waals surface area contributed by atoms with Crippen molar-refractivity contribution < 1.29 is 218 Å². The van der Waals surface area contributed by atoms with E-state index in [-0.39, 0.29) is 5.48 Å². The third-order valence-corrected chi connectivity index (χ3v) is 18.9. The summed E-state index contributed by atoms with van der Waals surface area (Å²) in [6.45, 7) is -7.08. The van der Waals surface area contributed by atoms with Crippen LogP contribution in [0.1, 0.15) is 13.3 Å². The molecule has 572 valence electrons. The highest BCUT2D eigenvalue weighted by atomic mass is 16.8. The molecule has 44 heteroatoms. The van der Waals surface area contributed by atoms with Gasteiger partial charge in [-0.05, 0) is 6.92 Å². The van der Waals surface area contributed by atoms with Crippen molar-refractivity contribution in [1.29, 1.82) is 0 Å². The van der Waals surface area contributed by atoms with Crippen LogP contribution in [0.3, 0.4) is 0 Å². The van der Waals surface area contributed by atoms with Crippen molar-refractivity contribution in [1.82, 2.24) is 0 Å². The molecule has 18 bridgehead atoms. The first-order valence-electron chi connectivity index (χ1n) is 31.4. The van der Waals surface area contributed by atoms with E-state index in [0.29, 0.717) is 0 Å². The maximum absolute atomic E-state index is 11.5. The van der Waals surface area contributed by atoms with E-state index in [9.17, 15) is 128 Å². The Morgan fingerprint density at radius 1 is 0.204 bits per heavy atom. The second-order valence-corrected chi connectivity index (χ2v) is 25.1. The first-order chi connectivity index (χ1) is 46.2. The molecule has 0 aromatic heterocycles. The van der Waals surface area contributed by atoms with Gasteiger partial charge in [-0.3, -0.25) is 0 Å². The zero-order valence-corrected chi connectivity index (χ0v) is 51.8. The second kappa shape index (κ2) is 34.2. The van der Waals surface area contributed by atoms with Crippen molar-refractivity contribution in [3.8, 4) is 0 Å². The average molecular weight is 1450 g/mol. The number of ether oxygens (including phenoxy) is 18. The topological polar surface area (TPSA) is 703 Å². The number of aliphatic hydroxyl groups excluding tert-OH is 25. The molecule has 27 saturated heterocycles. The molecular formula is C54H92O44. The summed E-state index contributed by atoms with van der Waals surface area (Å²) in [5.41, 5.74) is 0. The van der Waals surface area contributed by atoms with Crippen LogP contribution in [-0.4, -0.2) is 456 Å². The van der Waals surface area contributed by atoms with E-state index >= 15 is 0 Å². The Labute approximate surface area is 553 Å². The minimum absolute atomic E-state index is 0. The number of hydrogen-bond donors (Lipinski definition) is 25.